The molecule has 0 unspecified atom stereocenters. The molecule has 1 aliphatic carbocycles. The number of benzene rings is 1. The number of halogens is 3. The summed E-state index contributed by atoms with van der Waals surface area (Å²) in [6.07, 6.45) is -3.02. The van der Waals surface area contributed by atoms with Gasteiger partial charge in [-0.15, -0.1) is 13.2 Å². The lowest BCUT2D eigenvalue weighted by Gasteiger charge is -2.29. The second-order valence-electron chi connectivity index (χ2n) is 4.95. The third-order valence-corrected chi connectivity index (χ3v) is 3.62. The van der Waals surface area contributed by atoms with Crippen LogP contribution >= 0.6 is 0 Å². The van der Waals surface area contributed by atoms with Gasteiger partial charge >= 0.3 is 6.36 Å². The van der Waals surface area contributed by atoms with Crippen LogP contribution in [0.15, 0.2) is 24.3 Å². The van der Waals surface area contributed by atoms with Crippen molar-refractivity contribution < 1.29 is 23.0 Å². The van der Waals surface area contributed by atoms with Crippen molar-refractivity contribution in [2.75, 3.05) is 0 Å². The van der Waals surface area contributed by atoms with Gasteiger partial charge in [-0.05, 0) is 37.1 Å². The van der Waals surface area contributed by atoms with Gasteiger partial charge in [0.1, 0.15) is 5.75 Å². The Kier molecular flexibility index (Phi) is 3.91. The van der Waals surface area contributed by atoms with Gasteiger partial charge in [0.25, 0.3) is 5.54 Å². The van der Waals surface area contributed by atoms with E-state index >= 15 is 0 Å². The van der Waals surface area contributed by atoms with Crippen molar-refractivity contribution in [3.05, 3.63) is 41.2 Å². The molecular weight excluding hydrogens is 271 g/mol. The number of hydrogen-bond acceptors (Lipinski definition) is 2. The topological polar surface area (TPSA) is 33.8 Å². The van der Waals surface area contributed by atoms with E-state index in [1.165, 1.54) is 24.3 Å². The molecule has 0 atom stereocenters. The molecule has 3 nitrogen and oxygen atoms in total. The minimum absolute atomic E-state index is 0.294. The molecule has 0 heterocycles. The average molecular weight is 285 g/mol. The second-order valence-corrected chi connectivity index (χ2v) is 4.95. The summed E-state index contributed by atoms with van der Waals surface area (Å²) in [5.74, 6) is -0.294. The number of alkyl halides is 3. The van der Waals surface area contributed by atoms with Crippen LogP contribution in [-0.2, 0) is 5.54 Å². The summed E-state index contributed by atoms with van der Waals surface area (Å²) in [6, 6.07) is 5.44. The minimum Gasteiger partial charge on any atom is -0.406 e. The van der Waals surface area contributed by atoms with Crippen LogP contribution in [0.25, 0.3) is 4.85 Å². The molecule has 1 aromatic rings. The van der Waals surface area contributed by atoms with Gasteiger partial charge in [-0.25, -0.2) is 6.57 Å². The van der Waals surface area contributed by atoms with Crippen LogP contribution in [0.3, 0.4) is 0 Å². The van der Waals surface area contributed by atoms with E-state index in [9.17, 15) is 18.3 Å². The normalized spacial score (nSPS) is 26.9. The minimum atomic E-state index is -4.71. The molecule has 1 aliphatic rings. The summed E-state index contributed by atoms with van der Waals surface area (Å²) < 4.78 is 40.1. The van der Waals surface area contributed by atoms with Crippen molar-refractivity contribution in [2.45, 2.75) is 43.7 Å². The van der Waals surface area contributed by atoms with Crippen LogP contribution in [-0.4, -0.2) is 17.6 Å². The molecule has 1 N–H and O–H groups in total. The molecule has 0 aromatic heterocycles. The second kappa shape index (κ2) is 5.33. The SMILES string of the molecule is [C-]#[N+]C1(c2ccc(OC(F)(F)F)cc2)CCC(O)CC1. The summed E-state index contributed by atoms with van der Waals surface area (Å²) >= 11 is 0. The van der Waals surface area contributed by atoms with Gasteiger partial charge in [-0.2, -0.15) is 0 Å². The molecule has 108 valence electrons. The summed E-state index contributed by atoms with van der Waals surface area (Å²) in [5, 5.41) is 9.51. The van der Waals surface area contributed by atoms with Gasteiger partial charge in [-0.3, -0.25) is 0 Å². The molecule has 20 heavy (non-hydrogen) atoms. The van der Waals surface area contributed by atoms with Crippen LogP contribution in [0, 0.1) is 6.57 Å². The van der Waals surface area contributed by atoms with Gasteiger partial charge < -0.3 is 14.7 Å². The van der Waals surface area contributed by atoms with Crippen LogP contribution in [0.5, 0.6) is 5.75 Å². The molecule has 2 rings (SSSR count). The Labute approximate surface area is 114 Å². The molecule has 0 amide bonds. The standard InChI is InChI=1S/C14H14F3NO2/c1-18-13(8-6-11(19)7-9-13)10-2-4-12(5-3-10)20-14(15,16)17/h2-5,11,19H,6-9H2. The van der Waals surface area contributed by atoms with Gasteiger partial charge in [0, 0.05) is 18.4 Å². The largest absolute Gasteiger partial charge is 0.573 e. The Balaban J connectivity index is 2.18. The number of ether oxygens (including phenoxy) is 1. The van der Waals surface area contributed by atoms with Crippen LogP contribution in [0.1, 0.15) is 31.2 Å². The average Bonchev–Trinajstić information content (AvgIpc) is 2.39. The summed E-state index contributed by atoms with van der Waals surface area (Å²) in [7, 11) is 0. The van der Waals surface area contributed by atoms with Crippen LogP contribution in [0.4, 0.5) is 13.2 Å². The smallest absolute Gasteiger partial charge is 0.406 e. The molecule has 1 saturated carbocycles. The van der Waals surface area contributed by atoms with Crippen molar-refractivity contribution in [1.29, 1.82) is 0 Å². The highest BCUT2D eigenvalue weighted by atomic mass is 19.4. The fourth-order valence-electron chi connectivity index (χ4n) is 2.51. The van der Waals surface area contributed by atoms with Crippen LogP contribution < -0.4 is 4.74 Å². The number of aliphatic hydroxyl groups excluding tert-OH is 1. The van der Waals surface area contributed by atoms with Crippen LogP contribution in [0.2, 0.25) is 0 Å². The first-order chi connectivity index (χ1) is 9.35. The molecule has 0 spiro atoms. The van der Waals surface area contributed by atoms with Crippen molar-refractivity contribution in [1.82, 2.24) is 0 Å². The third-order valence-electron chi connectivity index (χ3n) is 3.62. The quantitative estimate of drug-likeness (QED) is 0.842. The van der Waals surface area contributed by atoms with E-state index in [1.54, 1.807) is 0 Å². The zero-order valence-electron chi connectivity index (χ0n) is 10.7. The molecule has 1 aromatic carbocycles. The lowest BCUT2D eigenvalue weighted by Crippen LogP contribution is -2.30. The summed E-state index contributed by atoms with van der Waals surface area (Å²) in [4.78, 5) is 3.66. The number of nitrogens with zero attached hydrogens (tertiary/aromatic N) is 1. The third kappa shape index (κ3) is 3.23. The van der Waals surface area contributed by atoms with Crippen molar-refractivity contribution in [3.63, 3.8) is 0 Å². The van der Waals surface area contributed by atoms with E-state index in [2.05, 4.69) is 9.58 Å². The first kappa shape index (κ1) is 14.7. The number of rotatable bonds is 2. The Morgan fingerprint density at radius 2 is 1.75 bits per heavy atom. The molecule has 0 aliphatic heterocycles. The lowest BCUT2D eigenvalue weighted by molar-refractivity contribution is -0.274. The Hall–Kier alpha value is -1.74. The van der Waals surface area contributed by atoms with Crippen molar-refractivity contribution >= 4 is 0 Å². The predicted octanol–water partition coefficient (Wildman–Crippen LogP) is 3.63. The predicted molar refractivity (Wildman–Crippen MR) is 65.9 cm³/mol. The molecule has 6 heteroatoms. The van der Waals surface area contributed by atoms with E-state index in [4.69, 9.17) is 6.57 Å². The van der Waals surface area contributed by atoms with E-state index in [-0.39, 0.29) is 5.75 Å². The molecular formula is C14H14F3NO2. The zero-order valence-corrected chi connectivity index (χ0v) is 10.7. The summed E-state index contributed by atoms with van der Waals surface area (Å²) in [5.41, 5.74) is -0.0652. The fraction of sp³-hybridized carbons (Fsp3) is 0.500. The number of aliphatic hydroxyl groups is 1. The van der Waals surface area contributed by atoms with Crippen molar-refractivity contribution in [2.24, 2.45) is 0 Å². The maximum Gasteiger partial charge on any atom is 0.573 e. The fourth-order valence-corrected chi connectivity index (χ4v) is 2.51. The maximum absolute atomic E-state index is 12.1. The highest BCUT2D eigenvalue weighted by Gasteiger charge is 2.42. The van der Waals surface area contributed by atoms with E-state index in [0.29, 0.717) is 31.2 Å². The van der Waals surface area contributed by atoms with E-state index in [1.807, 2.05) is 0 Å². The first-order valence-corrected chi connectivity index (χ1v) is 6.28. The first-order valence-electron chi connectivity index (χ1n) is 6.28. The molecule has 0 radical (unpaired) electrons. The van der Waals surface area contributed by atoms with Gasteiger partial charge in [0.2, 0.25) is 0 Å². The van der Waals surface area contributed by atoms with E-state index < -0.39 is 18.0 Å². The zero-order chi connectivity index (χ0) is 14.8. The molecule has 1 fully saturated rings. The molecule has 0 saturated heterocycles. The monoisotopic (exact) mass is 285 g/mol. The Morgan fingerprint density at radius 3 is 2.20 bits per heavy atom. The highest BCUT2D eigenvalue weighted by molar-refractivity contribution is 5.34. The summed E-state index contributed by atoms with van der Waals surface area (Å²) in [6.45, 7) is 7.38. The van der Waals surface area contributed by atoms with Gasteiger partial charge in [0.05, 0.1) is 6.10 Å². The molecule has 0 bridgehead atoms. The van der Waals surface area contributed by atoms with Crippen molar-refractivity contribution in [3.8, 4) is 5.75 Å². The van der Waals surface area contributed by atoms with Gasteiger partial charge in [0.15, 0.2) is 0 Å². The lowest BCUT2D eigenvalue weighted by atomic mass is 9.76. The highest BCUT2D eigenvalue weighted by Crippen LogP contribution is 2.41. The number of hydrogen-bond donors (Lipinski definition) is 1. The van der Waals surface area contributed by atoms with E-state index in [0.717, 1.165) is 0 Å². The Morgan fingerprint density at radius 1 is 1.20 bits per heavy atom. The van der Waals surface area contributed by atoms with Gasteiger partial charge in [-0.1, -0.05) is 0 Å². The maximum atomic E-state index is 12.1. The Bertz CT molecular complexity index is 497.